The lowest BCUT2D eigenvalue weighted by Crippen LogP contribution is -2.57. The number of aromatic amines is 1. The van der Waals surface area contributed by atoms with Crippen molar-refractivity contribution in [2.75, 3.05) is 19.6 Å². The monoisotopic (exact) mass is 360 g/mol. The fourth-order valence-corrected chi connectivity index (χ4v) is 4.36. The Kier molecular flexibility index (Phi) is 3.97. The maximum absolute atomic E-state index is 13.2. The second-order valence-electron chi connectivity index (χ2n) is 7.63. The van der Waals surface area contributed by atoms with E-state index in [0.717, 1.165) is 49.5 Å². The average molecular weight is 360 g/mol. The molecule has 1 amide bonds. The SMILES string of the molecule is CCN1Cc2ccccc2C[C@@H]1C(=O)N1CC(c2nc3ccccc3[nH]2)C1. The molecule has 5 rings (SSSR count). The lowest BCUT2D eigenvalue weighted by atomic mass is 9.91. The molecule has 3 aromatic rings. The Morgan fingerprint density at radius 3 is 2.63 bits per heavy atom. The molecule has 5 nitrogen and oxygen atoms in total. The number of aromatic nitrogens is 2. The summed E-state index contributed by atoms with van der Waals surface area (Å²) in [5, 5.41) is 0. The lowest BCUT2D eigenvalue weighted by molar-refractivity contribution is -0.142. The van der Waals surface area contributed by atoms with Gasteiger partial charge >= 0.3 is 0 Å². The molecule has 2 aliphatic heterocycles. The van der Waals surface area contributed by atoms with Crippen LogP contribution in [0.1, 0.15) is 29.8 Å². The van der Waals surface area contributed by atoms with Gasteiger partial charge in [-0.25, -0.2) is 4.98 Å². The number of carbonyl (C=O) groups is 1. The highest BCUT2D eigenvalue weighted by molar-refractivity contribution is 5.83. The van der Waals surface area contributed by atoms with Crippen LogP contribution in [-0.4, -0.2) is 51.4 Å². The molecule has 2 aliphatic rings. The minimum atomic E-state index is -0.0403. The lowest BCUT2D eigenvalue weighted by Gasteiger charge is -2.44. The standard InChI is InChI=1S/C22H24N4O/c1-2-25-12-16-8-4-3-7-15(16)11-20(25)22(27)26-13-17(14-26)21-23-18-9-5-6-10-19(18)24-21/h3-10,17,20H,2,11-14H2,1H3,(H,23,24)/t20-/m1/s1. The van der Waals surface area contributed by atoms with Crippen LogP contribution >= 0.6 is 0 Å². The van der Waals surface area contributed by atoms with Gasteiger partial charge in [-0.1, -0.05) is 43.3 Å². The Morgan fingerprint density at radius 2 is 1.85 bits per heavy atom. The molecule has 2 aromatic carbocycles. The molecule has 1 aromatic heterocycles. The van der Waals surface area contributed by atoms with Crippen molar-refractivity contribution >= 4 is 16.9 Å². The molecule has 1 atom stereocenters. The molecule has 1 N–H and O–H groups in total. The van der Waals surface area contributed by atoms with Crippen LogP contribution in [0.2, 0.25) is 0 Å². The highest BCUT2D eigenvalue weighted by atomic mass is 16.2. The quantitative estimate of drug-likeness (QED) is 0.781. The molecule has 0 radical (unpaired) electrons. The van der Waals surface area contributed by atoms with E-state index in [-0.39, 0.29) is 11.9 Å². The molecule has 0 unspecified atom stereocenters. The van der Waals surface area contributed by atoms with Gasteiger partial charge in [0, 0.05) is 19.6 Å². The molecule has 5 heteroatoms. The summed E-state index contributed by atoms with van der Waals surface area (Å²) in [6.07, 6.45) is 0.814. The Morgan fingerprint density at radius 1 is 1.11 bits per heavy atom. The van der Waals surface area contributed by atoms with Crippen molar-refractivity contribution in [3.05, 3.63) is 65.5 Å². The van der Waals surface area contributed by atoms with Gasteiger partial charge in [-0.05, 0) is 36.2 Å². The number of hydrogen-bond acceptors (Lipinski definition) is 3. The van der Waals surface area contributed by atoms with Gasteiger partial charge in [-0.2, -0.15) is 0 Å². The van der Waals surface area contributed by atoms with E-state index >= 15 is 0 Å². The highest BCUT2D eigenvalue weighted by Gasteiger charge is 2.39. The number of rotatable bonds is 3. The van der Waals surface area contributed by atoms with Gasteiger partial charge < -0.3 is 9.88 Å². The number of imidazole rings is 1. The van der Waals surface area contributed by atoms with Gasteiger partial charge in [-0.3, -0.25) is 9.69 Å². The van der Waals surface area contributed by atoms with E-state index in [9.17, 15) is 4.79 Å². The number of para-hydroxylation sites is 2. The topological polar surface area (TPSA) is 52.2 Å². The highest BCUT2D eigenvalue weighted by Crippen LogP contribution is 2.30. The Hall–Kier alpha value is -2.66. The third-order valence-electron chi connectivity index (χ3n) is 6.02. The van der Waals surface area contributed by atoms with Gasteiger partial charge in [0.2, 0.25) is 5.91 Å². The number of likely N-dealkylation sites (N-methyl/N-ethyl adjacent to an activating group) is 1. The second-order valence-corrected chi connectivity index (χ2v) is 7.63. The van der Waals surface area contributed by atoms with Crippen molar-refractivity contribution in [1.29, 1.82) is 0 Å². The number of amides is 1. The summed E-state index contributed by atoms with van der Waals surface area (Å²) in [7, 11) is 0. The van der Waals surface area contributed by atoms with Crippen LogP contribution in [0.4, 0.5) is 0 Å². The first kappa shape index (κ1) is 16.5. The number of fused-ring (bicyclic) bond motifs is 2. The maximum atomic E-state index is 13.2. The molecular weight excluding hydrogens is 336 g/mol. The van der Waals surface area contributed by atoms with Crippen LogP contribution in [-0.2, 0) is 17.8 Å². The van der Waals surface area contributed by atoms with E-state index in [0.29, 0.717) is 5.92 Å². The summed E-state index contributed by atoms with van der Waals surface area (Å²) in [4.78, 5) is 25.6. The number of nitrogens with one attached hydrogen (secondary N) is 1. The van der Waals surface area contributed by atoms with Gasteiger partial charge in [0.25, 0.3) is 0 Å². The van der Waals surface area contributed by atoms with E-state index < -0.39 is 0 Å². The summed E-state index contributed by atoms with van der Waals surface area (Å²) in [5.41, 5.74) is 4.73. The number of benzene rings is 2. The van der Waals surface area contributed by atoms with Crippen LogP contribution in [0.5, 0.6) is 0 Å². The Labute approximate surface area is 159 Å². The zero-order valence-corrected chi connectivity index (χ0v) is 15.6. The number of carbonyl (C=O) groups excluding carboxylic acids is 1. The Balaban J connectivity index is 1.29. The number of H-pyrrole nitrogens is 1. The molecule has 0 spiro atoms. The van der Waals surface area contributed by atoms with Gasteiger partial charge in [0.1, 0.15) is 5.82 Å². The average Bonchev–Trinajstić information content (AvgIpc) is 3.09. The first-order chi connectivity index (χ1) is 13.2. The predicted octanol–water partition coefficient (Wildman–Crippen LogP) is 2.94. The third-order valence-corrected chi connectivity index (χ3v) is 6.02. The largest absolute Gasteiger partial charge is 0.342 e. The molecule has 0 aliphatic carbocycles. The molecule has 27 heavy (non-hydrogen) atoms. The molecule has 0 bridgehead atoms. The number of nitrogens with zero attached hydrogens (tertiary/aromatic N) is 3. The van der Waals surface area contributed by atoms with Crippen molar-refractivity contribution < 1.29 is 4.79 Å². The minimum Gasteiger partial charge on any atom is -0.342 e. The molecule has 138 valence electrons. The van der Waals surface area contributed by atoms with E-state index in [4.69, 9.17) is 4.98 Å². The zero-order valence-electron chi connectivity index (χ0n) is 15.6. The maximum Gasteiger partial charge on any atom is 0.240 e. The van der Waals surface area contributed by atoms with E-state index in [2.05, 4.69) is 41.1 Å². The van der Waals surface area contributed by atoms with Crippen LogP contribution in [0.25, 0.3) is 11.0 Å². The zero-order chi connectivity index (χ0) is 18.4. The molecule has 1 fully saturated rings. The summed E-state index contributed by atoms with van der Waals surface area (Å²) in [6, 6.07) is 16.6. The fraction of sp³-hybridized carbons (Fsp3) is 0.364. The third kappa shape index (κ3) is 2.82. The predicted molar refractivity (Wildman–Crippen MR) is 105 cm³/mol. The summed E-state index contributed by atoms with van der Waals surface area (Å²) in [6.45, 7) is 5.42. The van der Waals surface area contributed by atoms with Gasteiger partial charge in [0.05, 0.1) is 23.0 Å². The minimum absolute atomic E-state index is 0.0403. The normalized spacial score (nSPS) is 20.5. The van der Waals surface area contributed by atoms with Crippen LogP contribution in [0, 0.1) is 0 Å². The fourth-order valence-electron chi connectivity index (χ4n) is 4.36. The Bertz CT molecular complexity index is 956. The van der Waals surface area contributed by atoms with Gasteiger partial charge in [-0.15, -0.1) is 0 Å². The van der Waals surface area contributed by atoms with E-state index in [1.54, 1.807) is 0 Å². The first-order valence-electron chi connectivity index (χ1n) is 9.77. The van der Waals surface area contributed by atoms with Crippen molar-refractivity contribution in [2.24, 2.45) is 0 Å². The number of likely N-dealkylation sites (tertiary alicyclic amines) is 1. The van der Waals surface area contributed by atoms with Crippen molar-refractivity contribution in [3.8, 4) is 0 Å². The second kappa shape index (κ2) is 6.50. The first-order valence-corrected chi connectivity index (χ1v) is 9.77. The van der Waals surface area contributed by atoms with Crippen molar-refractivity contribution in [1.82, 2.24) is 19.8 Å². The molecule has 3 heterocycles. The van der Waals surface area contributed by atoms with Crippen LogP contribution in [0.15, 0.2) is 48.5 Å². The van der Waals surface area contributed by atoms with E-state index in [1.165, 1.54) is 11.1 Å². The number of hydrogen-bond donors (Lipinski definition) is 1. The summed E-state index contributed by atoms with van der Waals surface area (Å²) in [5.74, 6) is 1.58. The van der Waals surface area contributed by atoms with Gasteiger partial charge in [0.15, 0.2) is 0 Å². The molecule has 1 saturated heterocycles. The summed E-state index contributed by atoms with van der Waals surface area (Å²) < 4.78 is 0. The molecular formula is C22H24N4O. The summed E-state index contributed by atoms with van der Waals surface area (Å²) >= 11 is 0. The van der Waals surface area contributed by atoms with Crippen molar-refractivity contribution in [2.45, 2.75) is 31.8 Å². The van der Waals surface area contributed by atoms with Crippen LogP contribution in [0.3, 0.4) is 0 Å². The molecule has 0 saturated carbocycles. The smallest absolute Gasteiger partial charge is 0.240 e. The van der Waals surface area contributed by atoms with Crippen molar-refractivity contribution in [3.63, 3.8) is 0 Å². The van der Waals surface area contributed by atoms with E-state index in [1.807, 2.05) is 29.2 Å². The van der Waals surface area contributed by atoms with Crippen LogP contribution < -0.4 is 0 Å².